The lowest BCUT2D eigenvalue weighted by Gasteiger charge is -2.22. The van der Waals surface area contributed by atoms with E-state index in [9.17, 15) is 0 Å². The Morgan fingerprint density at radius 3 is 1.81 bits per heavy atom. The van der Waals surface area contributed by atoms with E-state index in [1.807, 2.05) is 0 Å². The van der Waals surface area contributed by atoms with Crippen molar-refractivity contribution in [3.8, 4) is 0 Å². The van der Waals surface area contributed by atoms with Crippen LogP contribution in [0.4, 0.5) is 0 Å². The van der Waals surface area contributed by atoms with Gasteiger partial charge < -0.3 is 9.47 Å². The van der Waals surface area contributed by atoms with E-state index in [0.29, 0.717) is 6.10 Å². The van der Waals surface area contributed by atoms with E-state index in [4.69, 9.17) is 9.47 Å². The van der Waals surface area contributed by atoms with E-state index in [0.717, 1.165) is 26.2 Å². The normalized spacial score (nSPS) is 15.2. The summed E-state index contributed by atoms with van der Waals surface area (Å²) in [6, 6.07) is 0. The van der Waals surface area contributed by atoms with Crippen molar-refractivity contribution in [2.45, 2.75) is 61.0 Å². The second-order valence-corrected chi connectivity index (χ2v) is 7.08. The summed E-state index contributed by atoms with van der Waals surface area (Å²) in [7, 11) is 0. The van der Waals surface area contributed by atoms with Crippen molar-refractivity contribution < 1.29 is 9.47 Å². The van der Waals surface area contributed by atoms with E-state index in [1.54, 1.807) is 0 Å². The van der Waals surface area contributed by atoms with Gasteiger partial charge in [-0.2, -0.15) is 0 Å². The molecule has 0 aliphatic heterocycles. The highest BCUT2D eigenvalue weighted by Gasteiger charge is 2.13. The van der Waals surface area contributed by atoms with Crippen molar-refractivity contribution in [2.75, 3.05) is 19.8 Å². The molecule has 0 aliphatic carbocycles. The monoisotopic (exact) mass is 230 g/mol. The van der Waals surface area contributed by atoms with Crippen molar-refractivity contribution in [3.63, 3.8) is 0 Å². The molecule has 0 saturated heterocycles. The molecule has 0 bridgehead atoms. The molecule has 0 spiro atoms. The summed E-state index contributed by atoms with van der Waals surface area (Å²) in [5.41, 5.74) is 0.510. The van der Waals surface area contributed by atoms with E-state index < -0.39 is 0 Å². The molecular weight excluding hydrogens is 200 g/mol. The first-order valence-corrected chi connectivity index (χ1v) is 6.29. The molecule has 1 atom stereocenters. The third kappa shape index (κ3) is 12.0. The van der Waals surface area contributed by atoms with Gasteiger partial charge in [0, 0.05) is 6.61 Å². The minimum Gasteiger partial charge on any atom is -0.381 e. The Morgan fingerprint density at radius 2 is 1.38 bits per heavy atom. The molecule has 0 fully saturated rings. The number of ether oxygens (including phenoxy) is 2. The van der Waals surface area contributed by atoms with E-state index in [-0.39, 0.29) is 10.8 Å². The van der Waals surface area contributed by atoms with Gasteiger partial charge in [0.1, 0.15) is 0 Å². The standard InChI is InChI=1S/C14H30O2/c1-12(16-11-14(5,6)7)8-9-15-10-13(2,3)4/h12H,8-11H2,1-7H3. The molecule has 0 aliphatic rings. The summed E-state index contributed by atoms with van der Waals surface area (Å²) >= 11 is 0. The molecule has 98 valence electrons. The van der Waals surface area contributed by atoms with Gasteiger partial charge in [0.25, 0.3) is 0 Å². The van der Waals surface area contributed by atoms with Gasteiger partial charge in [0.2, 0.25) is 0 Å². The van der Waals surface area contributed by atoms with Crippen LogP contribution in [0.5, 0.6) is 0 Å². The van der Waals surface area contributed by atoms with Gasteiger partial charge in [-0.1, -0.05) is 41.5 Å². The van der Waals surface area contributed by atoms with Crippen LogP contribution in [0.2, 0.25) is 0 Å². The number of rotatable bonds is 6. The third-order valence-electron chi connectivity index (χ3n) is 2.00. The van der Waals surface area contributed by atoms with Gasteiger partial charge in [-0.3, -0.25) is 0 Å². The van der Waals surface area contributed by atoms with Crippen LogP contribution < -0.4 is 0 Å². The predicted octanol–water partition coefficient (Wildman–Crippen LogP) is 3.89. The van der Waals surface area contributed by atoms with E-state index in [1.165, 1.54) is 0 Å². The Kier molecular flexibility index (Phi) is 6.57. The molecule has 2 heteroatoms. The van der Waals surface area contributed by atoms with Crippen LogP contribution >= 0.6 is 0 Å². The quantitative estimate of drug-likeness (QED) is 0.644. The van der Waals surface area contributed by atoms with Crippen molar-refractivity contribution in [1.82, 2.24) is 0 Å². The average molecular weight is 230 g/mol. The maximum atomic E-state index is 5.76. The Morgan fingerprint density at radius 1 is 0.875 bits per heavy atom. The van der Waals surface area contributed by atoms with Crippen LogP contribution in [0.25, 0.3) is 0 Å². The van der Waals surface area contributed by atoms with E-state index >= 15 is 0 Å². The Hall–Kier alpha value is -0.0800. The number of hydrogen-bond acceptors (Lipinski definition) is 2. The highest BCUT2D eigenvalue weighted by atomic mass is 16.5. The molecule has 0 aromatic carbocycles. The smallest absolute Gasteiger partial charge is 0.0569 e. The average Bonchev–Trinajstić information content (AvgIpc) is 2.06. The molecule has 0 N–H and O–H groups in total. The van der Waals surface area contributed by atoms with Crippen LogP contribution in [-0.2, 0) is 9.47 Å². The third-order valence-corrected chi connectivity index (χ3v) is 2.00. The summed E-state index contributed by atoms with van der Waals surface area (Å²) < 4.78 is 11.4. The summed E-state index contributed by atoms with van der Waals surface area (Å²) in [5, 5.41) is 0. The molecule has 16 heavy (non-hydrogen) atoms. The van der Waals surface area contributed by atoms with Crippen LogP contribution in [0, 0.1) is 10.8 Å². The first kappa shape index (κ1) is 15.9. The fourth-order valence-corrected chi connectivity index (χ4v) is 1.10. The largest absolute Gasteiger partial charge is 0.381 e. The van der Waals surface area contributed by atoms with Crippen LogP contribution in [-0.4, -0.2) is 25.9 Å². The molecule has 0 saturated carbocycles. The minimum absolute atomic E-state index is 0.251. The first-order chi connectivity index (χ1) is 7.10. The Bertz CT molecular complexity index is 174. The molecular formula is C14H30O2. The fourth-order valence-electron chi connectivity index (χ4n) is 1.10. The van der Waals surface area contributed by atoms with Gasteiger partial charge in [-0.25, -0.2) is 0 Å². The Labute approximate surface area is 102 Å². The molecule has 0 radical (unpaired) electrons. The molecule has 1 unspecified atom stereocenters. The van der Waals surface area contributed by atoms with Gasteiger partial charge in [0.15, 0.2) is 0 Å². The molecule has 0 rings (SSSR count). The van der Waals surface area contributed by atoms with Crippen molar-refractivity contribution in [3.05, 3.63) is 0 Å². The first-order valence-electron chi connectivity index (χ1n) is 6.29. The fraction of sp³-hybridized carbons (Fsp3) is 1.00. The molecule has 0 aromatic heterocycles. The lowest BCUT2D eigenvalue weighted by Crippen LogP contribution is -2.22. The minimum atomic E-state index is 0.251. The van der Waals surface area contributed by atoms with Crippen molar-refractivity contribution in [2.24, 2.45) is 10.8 Å². The van der Waals surface area contributed by atoms with Gasteiger partial charge in [-0.05, 0) is 24.2 Å². The topological polar surface area (TPSA) is 18.5 Å². The van der Waals surface area contributed by atoms with Gasteiger partial charge in [0.05, 0.1) is 19.3 Å². The lowest BCUT2D eigenvalue weighted by molar-refractivity contribution is -0.00960. The predicted molar refractivity (Wildman–Crippen MR) is 69.8 cm³/mol. The maximum absolute atomic E-state index is 5.76. The highest BCUT2D eigenvalue weighted by Crippen LogP contribution is 2.16. The van der Waals surface area contributed by atoms with Crippen LogP contribution in [0.15, 0.2) is 0 Å². The lowest BCUT2D eigenvalue weighted by atomic mass is 9.98. The zero-order valence-corrected chi connectivity index (χ0v) is 12.2. The zero-order chi connectivity index (χ0) is 12.8. The van der Waals surface area contributed by atoms with E-state index in [2.05, 4.69) is 48.5 Å². The molecule has 0 aromatic rings. The van der Waals surface area contributed by atoms with Crippen molar-refractivity contribution in [1.29, 1.82) is 0 Å². The summed E-state index contributed by atoms with van der Waals surface area (Å²) in [5.74, 6) is 0. The molecule has 0 amide bonds. The second-order valence-electron chi connectivity index (χ2n) is 7.08. The summed E-state index contributed by atoms with van der Waals surface area (Å²) in [6.45, 7) is 17.7. The SMILES string of the molecule is CC(CCOCC(C)(C)C)OCC(C)(C)C. The zero-order valence-electron chi connectivity index (χ0n) is 12.2. The van der Waals surface area contributed by atoms with Gasteiger partial charge in [-0.15, -0.1) is 0 Å². The highest BCUT2D eigenvalue weighted by molar-refractivity contribution is 4.62. The van der Waals surface area contributed by atoms with Crippen LogP contribution in [0.1, 0.15) is 54.9 Å². The summed E-state index contributed by atoms with van der Waals surface area (Å²) in [6.07, 6.45) is 1.27. The Balaban J connectivity index is 3.48. The van der Waals surface area contributed by atoms with Crippen LogP contribution in [0.3, 0.4) is 0 Å². The molecule has 2 nitrogen and oxygen atoms in total. The second kappa shape index (κ2) is 6.61. The van der Waals surface area contributed by atoms with Gasteiger partial charge >= 0.3 is 0 Å². The van der Waals surface area contributed by atoms with Crippen molar-refractivity contribution >= 4 is 0 Å². The maximum Gasteiger partial charge on any atom is 0.0569 e. The summed E-state index contributed by atoms with van der Waals surface area (Å²) in [4.78, 5) is 0. The molecule has 0 heterocycles. The number of hydrogen-bond donors (Lipinski definition) is 0.